The highest BCUT2D eigenvalue weighted by molar-refractivity contribution is 5.92. The Morgan fingerprint density at radius 1 is 1.15 bits per heavy atom. The smallest absolute Gasteiger partial charge is 0.230 e. The summed E-state index contributed by atoms with van der Waals surface area (Å²) in [5.74, 6) is 0.564. The number of aromatic nitrogens is 3. The van der Waals surface area contributed by atoms with Gasteiger partial charge in [-0.05, 0) is 43.7 Å². The number of nitrogens with zero attached hydrogens (tertiary/aromatic N) is 3. The molecule has 0 unspecified atom stereocenters. The highest BCUT2D eigenvalue weighted by Gasteiger charge is 2.09. The average Bonchev–Trinajstić information content (AvgIpc) is 3.21. The Labute approximate surface area is 150 Å². The number of rotatable bonds is 4. The number of fused-ring (bicyclic) bond motifs is 1. The zero-order valence-electron chi connectivity index (χ0n) is 14.6. The van der Waals surface area contributed by atoms with Gasteiger partial charge in [0.15, 0.2) is 0 Å². The molecule has 4 aromatic rings. The Balaban J connectivity index is 1.48. The van der Waals surface area contributed by atoms with Crippen LogP contribution < -0.4 is 5.32 Å². The van der Waals surface area contributed by atoms with Crippen LogP contribution in [-0.4, -0.2) is 20.4 Å². The molecule has 0 saturated carbocycles. The molecule has 0 aliphatic heterocycles. The van der Waals surface area contributed by atoms with E-state index in [1.807, 2.05) is 60.1 Å². The minimum absolute atomic E-state index is 0.130. The molecule has 130 valence electrons. The van der Waals surface area contributed by atoms with Crippen LogP contribution in [0.15, 0.2) is 59.4 Å². The lowest BCUT2D eigenvalue weighted by Crippen LogP contribution is -2.14. The van der Waals surface area contributed by atoms with Crippen molar-refractivity contribution in [2.75, 3.05) is 5.32 Å². The molecule has 0 fully saturated rings. The molecule has 1 amide bonds. The quantitative estimate of drug-likeness (QED) is 0.610. The predicted molar refractivity (Wildman–Crippen MR) is 98.9 cm³/mol. The standard InChI is InChI=1S/C20H18N4O2/c1-13-7-8-24-12-18(22-19(24)9-13)15-3-5-16(6-4-15)21-20(25)11-17-10-14(2)26-23-17/h3-10,12H,11H2,1-2H3,(H,21,25). The maximum absolute atomic E-state index is 12.1. The topological polar surface area (TPSA) is 72.4 Å². The van der Waals surface area contributed by atoms with Gasteiger partial charge in [0, 0.05) is 29.7 Å². The summed E-state index contributed by atoms with van der Waals surface area (Å²) in [4.78, 5) is 16.7. The first-order chi connectivity index (χ1) is 12.6. The van der Waals surface area contributed by atoms with Crippen LogP contribution in [-0.2, 0) is 11.2 Å². The van der Waals surface area contributed by atoms with E-state index in [9.17, 15) is 4.79 Å². The number of amides is 1. The number of imidazole rings is 1. The van der Waals surface area contributed by atoms with Crippen LogP contribution in [0, 0.1) is 13.8 Å². The summed E-state index contributed by atoms with van der Waals surface area (Å²) in [5.41, 5.74) is 5.34. The van der Waals surface area contributed by atoms with Gasteiger partial charge in [-0.25, -0.2) is 4.98 Å². The van der Waals surface area contributed by atoms with E-state index in [-0.39, 0.29) is 12.3 Å². The van der Waals surface area contributed by atoms with E-state index >= 15 is 0 Å². The molecule has 0 bridgehead atoms. The van der Waals surface area contributed by atoms with E-state index in [1.54, 1.807) is 13.0 Å². The van der Waals surface area contributed by atoms with Crippen molar-refractivity contribution in [3.8, 4) is 11.3 Å². The first-order valence-electron chi connectivity index (χ1n) is 8.35. The number of anilines is 1. The van der Waals surface area contributed by atoms with Gasteiger partial charge in [0.05, 0.1) is 17.8 Å². The molecule has 3 aromatic heterocycles. The summed E-state index contributed by atoms with van der Waals surface area (Å²) < 4.78 is 6.97. The van der Waals surface area contributed by atoms with Crippen molar-refractivity contribution in [1.29, 1.82) is 0 Å². The average molecular weight is 346 g/mol. The Morgan fingerprint density at radius 2 is 1.96 bits per heavy atom. The van der Waals surface area contributed by atoms with Crippen molar-refractivity contribution in [1.82, 2.24) is 14.5 Å². The fourth-order valence-corrected chi connectivity index (χ4v) is 2.82. The highest BCUT2D eigenvalue weighted by atomic mass is 16.5. The second-order valence-corrected chi connectivity index (χ2v) is 6.33. The third-order valence-corrected chi connectivity index (χ3v) is 4.10. The van der Waals surface area contributed by atoms with Crippen LogP contribution in [0.5, 0.6) is 0 Å². The first kappa shape index (κ1) is 16.1. The summed E-state index contributed by atoms with van der Waals surface area (Å²) in [7, 11) is 0. The van der Waals surface area contributed by atoms with Crippen molar-refractivity contribution in [2.45, 2.75) is 20.3 Å². The van der Waals surface area contributed by atoms with Gasteiger partial charge in [-0.1, -0.05) is 17.3 Å². The molecule has 6 heteroatoms. The van der Waals surface area contributed by atoms with E-state index < -0.39 is 0 Å². The summed E-state index contributed by atoms with van der Waals surface area (Å²) >= 11 is 0. The second kappa shape index (κ2) is 6.48. The number of benzene rings is 1. The Hall–Kier alpha value is -3.41. The molecule has 0 aliphatic carbocycles. The van der Waals surface area contributed by atoms with Crippen molar-refractivity contribution >= 4 is 17.2 Å². The molecular weight excluding hydrogens is 328 g/mol. The van der Waals surface area contributed by atoms with Crippen LogP contribution in [0.3, 0.4) is 0 Å². The van der Waals surface area contributed by atoms with Crippen LogP contribution >= 0.6 is 0 Å². The summed E-state index contributed by atoms with van der Waals surface area (Å²) in [6, 6.07) is 13.5. The number of carbonyl (C=O) groups is 1. The minimum atomic E-state index is -0.130. The molecule has 1 N–H and O–H groups in total. The molecular formula is C20H18N4O2. The van der Waals surface area contributed by atoms with Crippen molar-refractivity contribution in [3.05, 3.63) is 71.9 Å². The normalized spacial score (nSPS) is 11.0. The molecule has 0 radical (unpaired) electrons. The zero-order valence-corrected chi connectivity index (χ0v) is 14.6. The lowest BCUT2D eigenvalue weighted by Gasteiger charge is -2.04. The van der Waals surface area contributed by atoms with E-state index in [1.165, 1.54) is 5.56 Å². The molecule has 0 aliphatic rings. The van der Waals surface area contributed by atoms with Gasteiger partial charge < -0.3 is 14.2 Å². The summed E-state index contributed by atoms with van der Waals surface area (Å²) in [6.07, 6.45) is 4.18. The van der Waals surface area contributed by atoms with Crippen molar-refractivity contribution in [3.63, 3.8) is 0 Å². The van der Waals surface area contributed by atoms with Gasteiger partial charge in [-0.3, -0.25) is 4.79 Å². The number of hydrogen-bond donors (Lipinski definition) is 1. The fraction of sp³-hybridized carbons (Fsp3) is 0.150. The fourth-order valence-electron chi connectivity index (χ4n) is 2.82. The lowest BCUT2D eigenvalue weighted by molar-refractivity contribution is -0.115. The Morgan fingerprint density at radius 3 is 2.69 bits per heavy atom. The molecule has 0 saturated heterocycles. The van der Waals surface area contributed by atoms with E-state index in [4.69, 9.17) is 4.52 Å². The van der Waals surface area contributed by atoms with Gasteiger partial charge in [-0.2, -0.15) is 0 Å². The monoisotopic (exact) mass is 346 g/mol. The van der Waals surface area contributed by atoms with E-state index in [2.05, 4.69) is 15.5 Å². The van der Waals surface area contributed by atoms with Gasteiger partial charge >= 0.3 is 0 Å². The molecule has 26 heavy (non-hydrogen) atoms. The Bertz CT molecular complexity index is 1080. The number of carbonyl (C=O) groups excluding carboxylic acids is 1. The first-order valence-corrected chi connectivity index (χ1v) is 8.35. The summed E-state index contributed by atoms with van der Waals surface area (Å²) in [5, 5.41) is 6.70. The highest BCUT2D eigenvalue weighted by Crippen LogP contribution is 2.22. The minimum Gasteiger partial charge on any atom is -0.361 e. The number of nitrogens with one attached hydrogen (secondary N) is 1. The molecule has 3 heterocycles. The largest absolute Gasteiger partial charge is 0.361 e. The molecule has 6 nitrogen and oxygen atoms in total. The van der Waals surface area contributed by atoms with Crippen LogP contribution in [0.25, 0.3) is 16.9 Å². The lowest BCUT2D eigenvalue weighted by atomic mass is 10.1. The second-order valence-electron chi connectivity index (χ2n) is 6.33. The number of hydrogen-bond acceptors (Lipinski definition) is 4. The summed E-state index contributed by atoms with van der Waals surface area (Å²) in [6.45, 7) is 3.85. The molecule has 1 aromatic carbocycles. The van der Waals surface area contributed by atoms with Gasteiger partial charge in [-0.15, -0.1) is 0 Å². The zero-order chi connectivity index (χ0) is 18.1. The maximum Gasteiger partial charge on any atom is 0.230 e. The van der Waals surface area contributed by atoms with Gasteiger partial charge in [0.1, 0.15) is 11.4 Å². The number of aryl methyl sites for hydroxylation is 2. The van der Waals surface area contributed by atoms with Crippen LogP contribution in [0.4, 0.5) is 5.69 Å². The van der Waals surface area contributed by atoms with E-state index in [0.29, 0.717) is 11.5 Å². The predicted octanol–water partition coefficient (Wildman–Crippen LogP) is 3.79. The van der Waals surface area contributed by atoms with E-state index in [0.717, 1.165) is 22.6 Å². The van der Waals surface area contributed by atoms with Gasteiger partial charge in [0.2, 0.25) is 5.91 Å². The molecule has 4 rings (SSSR count). The van der Waals surface area contributed by atoms with Crippen molar-refractivity contribution in [2.24, 2.45) is 0 Å². The Kier molecular flexibility index (Phi) is 4.01. The van der Waals surface area contributed by atoms with Gasteiger partial charge in [0.25, 0.3) is 0 Å². The van der Waals surface area contributed by atoms with Crippen molar-refractivity contribution < 1.29 is 9.32 Å². The third kappa shape index (κ3) is 3.35. The SMILES string of the molecule is Cc1ccn2cc(-c3ccc(NC(=O)Cc4cc(C)on4)cc3)nc2c1. The van der Waals surface area contributed by atoms with Crippen LogP contribution in [0.1, 0.15) is 17.0 Å². The maximum atomic E-state index is 12.1. The number of pyridine rings is 1. The molecule has 0 atom stereocenters. The molecule has 0 spiro atoms. The third-order valence-electron chi connectivity index (χ3n) is 4.10. The van der Waals surface area contributed by atoms with Crippen LogP contribution in [0.2, 0.25) is 0 Å².